The molecular weight excluding hydrogens is 212 g/mol. The van der Waals surface area contributed by atoms with Crippen molar-refractivity contribution in [3.05, 3.63) is 23.5 Å². The molecule has 0 aromatic rings. The smallest absolute Gasteiger partial charge is 0.242 e. The van der Waals surface area contributed by atoms with E-state index in [0.717, 1.165) is 5.76 Å². The van der Waals surface area contributed by atoms with Crippen LogP contribution in [0.3, 0.4) is 0 Å². The summed E-state index contributed by atoms with van der Waals surface area (Å²) in [6.45, 7) is 9.17. The predicted octanol–water partition coefficient (Wildman–Crippen LogP) is 4.63. The predicted molar refractivity (Wildman–Crippen MR) is 71.8 cm³/mol. The average molecular weight is 236 g/mol. The van der Waals surface area contributed by atoms with E-state index in [1.54, 1.807) is 5.57 Å². The summed E-state index contributed by atoms with van der Waals surface area (Å²) in [5.41, 5.74) is 2.08. The van der Waals surface area contributed by atoms with Crippen LogP contribution in [0.4, 0.5) is 0 Å². The molecule has 2 aliphatic carbocycles. The van der Waals surface area contributed by atoms with Gasteiger partial charge >= 0.3 is 0 Å². The van der Waals surface area contributed by atoms with E-state index < -0.39 is 8.32 Å². The lowest BCUT2D eigenvalue weighted by Gasteiger charge is -2.39. The van der Waals surface area contributed by atoms with E-state index in [2.05, 4.69) is 38.7 Å². The fourth-order valence-corrected chi connectivity index (χ4v) is 3.60. The van der Waals surface area contributed by atoms with Crippen molar-refractivity contribution in [1.82, 2.24) is 0 Å². The molecule has 1 fully saturated rings. The Balaban J connectivity index is 2.14. The maximum absolute atomic E-state index is 6.10. The summed E-state index contributed by atoms with van der Waals surface area (Å²) in [7, 11) is -1.44. The van der Waals surface area contributed by atoms with Crippen LogP contribution in [0.5, 0.6) is 0 Å². The lowest BCUT2D eigenvalue weighted by Crippen LogP contribution is -2.29. The highest BCUT2D eigenvalue weighted by atomic mass is 28.4. The van der Waals surface area contributed by atoms with E-state index in [1.165, 1.54) is 32.1 Å². The molecule has 1 saturated carbocycles. The second kappa shape index (κ2) is 4.06. The van der Waals surface area contributed by atoms with Crippen molar-refractivity contribution in [2.45, 2.75) is 58.7 Å². The number of fused-ring (bicyclic) bond motifs is 1. The molecule has 0 aliphatic heterocycles. The third-order valence-electron chi connectivity index (χ3n) is 3.69. The third-order valence-corrected chi connectivity index (χ3v) is 4.54. The van der Waals surface area contributed by atoms with E-state index in [-0.39, 0.29) is 0 Å². The average Bonchev–Trinajstić information content (AvgIpc) is 2.16. The van der Waals surface area contributed by atoms with Gasteiger partial charge in [-0.05, 0) is 62.9 Å². The number of hydrogen-bond donors (Lipinski definition) is 0. The van der Waals surface area contributed by atoms with Crippen LogP contribution < -0.4 is 0 Å². The second-order valence-electron chi connectivity index (χ2n) is 6.46. The molecular formula is C14H24OSi. The van der Waals surface area contributed by atoms with Crippen molar-refractivity contribution in [2.75, 3.05) is 0 Å². The van der Waals surface area contributed by atoms with Crippen LogP contribution in [0.1, 0.15) is 39.0 Å². The Hall–Kier alpha value is -0.503. The van der Waals surface area contributed by atoms with Crippen LogP contribution in [0, 0.1) is 5.41 Å². The first-order valence-electron chi connectivity index (χ1n) is 6.49. The molecule has 2 heteroatoms. The van der Waals surface area contributed by atoms with Crippen molar-refractivity contribution >= 4 is 8.32 Å². The van der Waals surface area contributed by atoms with E-state index in [4.69, 9.17) is 4.43 Å². The minimum absolute atomic E-state index is 0.449. The number of allylic oxidation sites excluding steroid dienone is 3. The van der Waals surface area contributed by atoms with E-state index in [0.29, 0.717) is 5.41 Å². The largest absolute Gasteiger partial charge is 0.545 e. The van der Waals surface area contributed by atoms with Gasteiger partial charge in [-0.25, -0.2) is 0 Å². The van der Waals surface area contributed by atoms with Crippen LogP contribution in [-0.2, 0) is 4.43 Å². The minimum atomic E-state index is -1.44. The molecule has 0 saturated heterocycles. The first kappa shape index (κ1) is 12.0. The summed E-state index contributed by atoms with van der Waals surface area (Å²) in [4.78, 5) is 0. The topological polar surface area (TPSA) is 9.23 Å². The monoisotopic (exact) mass is 236 g/mol. The molecule has 90 valence electrons. The zero-order chi connectivity index (χ0) is 11.8. The van der Waals surface area contributed by atoms with Crippen LogP contribution in [0.2, 0.25) is 19.6 Å². The molecule has 0 amide bonds. The highest BCUT2D eigenvalue weighted by Gasteiger charge is 2.33. The second-order valence-corrected chi connectivity index (χ2v) is 10.9. The van der Waals surface area contributed by atoms with Gasteiger partial charge in [-0.15, -0.1) is 0 Å². The SMILES string of the molecule is C[C@]12CC=C(O[Si](C)(C)C)C=C1CCCC2. The van der Waals surface area contributed by atoms with Crippen molar-refractivity contribution in [1.29, 1.82) is 0 Å². The Morgan fingerprint density at radius 2 is 2.00 bits per heavy atom. The first-order valence-corrected chi connectivity index (χ1v) is 9.90. The summed E-state index contributed by atoms with van der Waals surface area (Å²) in [6.07, 6.45) is 11.2. The maximum Gasteiger partial charge on any atom is 0.242 e. The highest BCUT2D eigenvalue weighted by molar-refractivity contribution is 6.70. The zero-order valence-corrected chi connectivity index (χ0v) is 12.1. The molecule has 0 aromatic carbocycles. The molecule has 0 radical (unpaired) electrons. The molecule has 0 unspecified atom stereocenters. The molecule has 0 heterocycles. The van der Waals surface area contributed by atoms with Crippen LogP contribution in [0.15, 0.2) is 23.5 Å². The molecule has 2 rings (SSSR count). The maximum atomic E-state index is 6.10. The summed E-state index contributed by atoms with van der Waals surface area (Å²) in [6, 6.07) is 0. The Morgan fingerprint density at radius 1 is 1.25 bits per heavy atom. The normalized spacial score (nSPS) is 30.2. The Morgan fingerprint density at radius 3 is 2.69 bits per heavy atom. The fourth-order valence-electron chi connectivity index (χ4n) is 2.75. The van der Waals surface area contributed by atoms with Gasteiger partial charge in [0.15, 0.2) is 0 Å². The Labute approximate surface area is 101 Å². The zero-order valence-electron chi connectivity index (χ0n) is 11.1. The highest BCUT2D eigenvalue weighted by Crippen LogP contribution is 2.46. The molecule has 2 aliphatic rings. The van der Waals surface area contributed by atoms with Gasteiger partial charge in [-0.3, -0.25) is 0 Å². The van der Waals surface area contributed by atoms with Gasteiger partial charge in [0.25, 0.3) is 0 Å². The van der Waals surface area contributed by atoms with Crippen molar-refractivity contribution in [3.63, 3.8) is 0 Å². The van der Waals surface area contributed by atoms with Gasteiger partial charge in [-0.2, -0.15) is 0 Å². The van der Waals surface area contributed by atoms with Crippen LogP contribution in [0.25, 0.3) is 0 Å². The summed E-state index contributed by atoms with van der Waals surface area (Å²) in [5, 5.41) is 0. The van der Waals surface area contributed by atoms with Gasteiger partial charge in [-0.1, -0.05) is 18.9 Å². The van der Waals surface area contributed by atoms with Gasteiger partial charge < -0.3 is 4.43 Å². The molecule has 1 atom stereocenters. The minimum Gasteiger partial charge on any atom is -0.545 e. The van der Waals surface area contributed by atoms with Crippen molar-refractivity contribution < 1.29 is 4.43 Å². The quantitative estimate of drug-likeness (QED) is 0.635. The van der Waals surface area contributed by atoms with Gasteiger partial charge in [0.2, 0.25) is 8.32 Å². The first-order chi connectivity index (χ1) is 7.39. The van der Waals surface area contributed by atoms with Crippen molar-refractivity contribution in [3.8, 4) is 0 Å². The fraction of sp³-hybridized carbons (Fsp3) is 0.714. The van der Waals surface area contributed by atoms with Crippen LogP contribution in [-0.4, -0.2) is 8.32 Å². The standard InChI is InChI=1S/C14H24OSi/c1-14-9-6-5-7-12(14)11-13(8-10-14)15-16(2,3)4/h8,11H,5-7,9-10H2,1-4H3/t14-/m0/s1. The van der Waals surface area contributed by atoms with Gasteiger partial charge in [0, 0.05) is 0 Å². The summed E-state index contributed by atoms with van der Waals surface area (Å²) < 4.78 is 6.10. The van der Waals surface area contributed by atoms with Crippen molar-refractivity contribution in [2.24, 2.45) is 5.41 Å². The number of hydrogen-bond acceptors (Lipinski definition) is 1. The van der Waals surface area contributed by atoms with Crippen LogP contribution >= 0.6 is 0 Å². The number of rotatable bonds is 2. The third kappa shape index (κ3) is 2.60. The summed E-state index contributed by atoms with van der Waals surface area (Å²) >= 11 is 0. The molecule has 0 spiro atoms. The lowest BCUT2D eigenvalue weighted by molar-refractivity contribution is 0.291. The molecule has 0 bridgehead atoms. The Bertz CT molecular complexity index is 335. The molecule has 1 nitrogen and oxygen atoms in total. The van der Waals surface area contributed by atoms with Gasteiger partial charge in [0.1, 0.15) is 0 Å². The van der Waals surface area contributed by atoms with Gasteiger partial charge in [0.05, 0.1) is 5.76 Å². The molecule has 0 aromatic heterocycles. The Kier molecular flexibility index (Phi) is 3.04. The molecule has 0 N–H and O–H groups in total. The summed E-state index contributed by atoms with van der Waals surface area (Å²) in [5.74, 6) is 1.15. The van der Waals surface area contributed by atoms with E-state index >= 15 is 0 Å². The molecule has 16 heavy (non-hydrogen) atoms. The van der Waals surface area contributed by atoms with E-state index in [1.807, 2.05) is 0 Å². The van der Waals surface area contributed by atoms with E-state index in [9.17, 15) is 0 Å². The lowest BCUT2D eigenvalue weighted by atomic mass is 9.68.